The van der Waals surface area contributed by atoms with Crippen LogP contribution in [0, 0.1) is 0 Å². The Morgan fingerprint density at radius 1 is 1.44 bits per heavy atom. The predicted octanol–water partition coefficient (Wildman–Crippen LogP) is 1.49. The lowest BCUT2D eigenvalue weighted by Gasteiger charge is -2.21. The van der Waals surface area contributed by atoms with Crippen LogP contribution in [-0.4, -0.2) is 33.9 Å². The minimum atomic E-state index is -0.623. The highest BCUT2D eigenvalue weighted by molar-refractivity contribution is 5.44. The first-order valence-corrected chi connectivity index (χ1v) is 6.62. The van der Waals surface area contributed by atoms with E-state index < -0.39 is 5.60 Å². The third-order valence-electron chi connectivity index (χ3n) is 3.39. The smallest absolute Gasteiger partial charge is 0.129 e. The molecule has 100 valence electrons. The second-order valence-electron chi connectivity index (χ2n) is 5.40. The largest absolute Gasteiger partial charge is 0.392 e. The fourth-order valence-corrected chi connectivity index (χ4v) is 2.41. The molecule has 4 heteroatoms. The highest BCUT2D eigenvalue weighted by Crippen LogP contribution is 2.26. The van der Waals surface area contributed by atoms with Crippen molar-refractivity contribution in [1.29, 1.82) is 0 Å². The highest BCUT2D eigenvalue weighted by Gasteiger charge is 2.32. The van der Waals surface area contributed by atoms with E-state index in [0.29, 0.717) is 6.54 Å². The zero-order valence-corrected chi connectivity index (χ0v) is 11.2. The van der Waals surface area contributed by atoms with Gasteiger partial charge in [0, 0.05) is 18.8 Å². The fourth-order valence-electron chi connectivity index (χ4n) is 2.41. The molecule has 0 saturated carbocycles. The van der Waals surface area contributed by atoms with Crippen molar-refractivity contribution in [1.82, 2.24) is 4.98 Å². The minimum Gasteiger partial charge on any atom is -0.392 e. The zero-order chi connectivity index (χ0) is 13.2. The Kier molecular flexibility index (Phi) is 3.88. The highest BCUT2D eigenvalue weighted by atomic mass is 16.3. The Labute approximate surface area is 108 Å². The van der Waals surface area contributed by atoms with Gasteiger partial charge in [-0.15, -0.1) is 0 Å². The molecule has 2 heterocycles. The van der Waals surface area contributed by atoms with E-state index in [1.165, 1.54) is 0 Å². The van der Waals surface area contributed by atoms with Crippen LogP contribution < -0.4 is 4.90 Å². The Morgan fingerprint density at radius 3 is 2.78 bits per heavy atom. The van der Waals surface area contributed by atoms with Gasteiger partial charge in [-0.25, -0.2) is 4.98 Å². The lowest BCUT2D eigenvalue weighted by molar-refractivity contribution is 0.0839. The molecular formula is C14H22N2O2. The van der Waals surface area contributed by atoms with E-state index in [9.17, 15) is 10.2 Å². The molecule has 1 aromatic heterocycles. The topological polar surface area (TPSA) is 56.6 Å². The summed E-state index contributed by atoms with van der Waals surface area (Å²) in [6.07, 6.45) is 2.73. The number of anilines is 1. The quantitative estimate of drug-likeness (QED) is 0.850. The second kappa shape index (κ2) is 5.24. The van der Waals surface area contributed by atoms with Gasteiger partial charge in [-0.2, -0.15) is 0 Å². The van der Waals surface area contributed by atoms with E-state index in [1.807, 2.05) is 19.1 Å². The Morgan fingerprint density at radius 2 is 2.22 bits per heavy atom. The summed E-state index contributed by atoms with van der Waals surface area (Å²) >= 11 is 0. The van der Waals surface area contributed by atoms with Crippen LogP contribution in [-0.2, 0) is 13.0 Å². The van der Waals surface area contributed by atoms with Crippen LogP contribution in [0.3, 0.4) is 0 Å². The maximum Gasteiger partial charge on any atom is 0.129 e. The van der Waals surface area contributed by atoms with E-state index in [-0.39, 0.29) is 6.61 Å². The van der Waals surface area contributed by atoms with Crippen molar-refractivity contribution in [2.24, 2.45) is 0 Å². The molecule has 1 aromatic rings. The van der Waals surface area contributed by atoms with Crippen LogP contribution in [0.1, 0.15) is 37.9 Å². The van der Waals surface area contributed by atoms with Gasteiger partial charge in [0.1, 0.15) is 5.82 Å². The Bertz CT molecular complexity index is 418. The van der Waals surface area contributed by atoms with Gasteiger partial charge in [0.2, 0.25) is 0 Å². The van der Waals surface area contributed by atoms with Gasteiger partial charge in [0.15, 0.2) is 0 Å². The molecular weight excluding hydrogens is 228 g/mol. The number of aromatic nitrogens is 1. The summed E-state index contributed by atoms with van der Waals surface area (Å²) in [6.45, 7) is 5.45. The number of rotatable bonds is 4. The zero-order valence-electron chi connectivity index (χ0n) is 11.2. The summed E-state index contributed by atoms with van der Waals surface area (Å²) in [5.74, 6) is 0.878. The Balaban J connectivity index is 2.24. The first-order valence-electron chi connectivity index (χ1n) is 6.62. The first-order chi connectivity index (χ1) is 8.54. The van der Waals surface area contributed by atoms with Crippen LogP contribution in [0.2, 0.25) is 0 Å². The van der Waals surface area contributed by atoms with E-state index in [4.69, 9.17) is 0 Å². The van der Waals surface area contributed by atoms with Crippen molar-refractivity contribution in [3.63, 3.8) is 0 Å². The summed E-state index contributed by atoms with van der Waals surface area (Å²) in [5.41, 5.74) is 1.29. The Hall–Kier alpha value is -1.13. The van der Waals surface area contributed by atoms with Gasteiger partial charge < -0.3 is 15.1 Å². The van der Waals surface area contributed by atoms with Gasteiger partial charge in [-0.1, -0.05) is 13.3 Å². The summed E-state index contributed by atoms with van der Waals surface area (Å²) in [7, 11) is 0. The molecule has 18 heavy (non-hydrogen) atoms. The predicted molar refractivity (Wildman–Crippen MR) is 71.6 cm³/mol. The number of aliphatic hydroxyl groups excluding tert-OH is 1. The molecule has 0 aromatic carbocycles. The lowest BCUT2D eigenvalue weighted by Crippen LogP contribution is -2.30. The molecule has 1 fully saturated rings. The van der Waals surface area contributed by atoms with Crippen molar-refractivity contribution in [3.8, 4) is 0 Å². The van der Waals surface area contributed by atoms with Crippen molar-refractivity contribution >= 4 is 5.82 Å². The molecule has 1 aliphatic rings. The third-order valence-corrected chi connectivity index (χ3v) is 3.39. The van der Waals surface area contributed by atoms with Gasteiger partial charge in [0.25, 0.3) is 0 Å². The first kappa shape index (κ1) is 13.3. The van der Waals surface area contributed by atoms with Crippen molar-refractivity contribution < 1.29 is 10.2 Å². The molecule has 1 aliphatic heterocycles. The normalized spacial score (nSPS) is 23.7. The van der Waals surface area contributed by atoms with Crippen LogP contribution in [0.5, 0.6) is 0 Å². The number of aryl methyl sites for hydroxylation is 1. The number of hydrogen-bond acceptors (Lipinski definition) is 4. The molecule has 0 amide bonds. The molecule has 1 unspecified atom stereocenters. The van der Waals surface area contributed by atoms with Gasteiger partial charge >= 0.3 is 0 Å². The molecule has 2 N–H and O–H groups in total. The maximum absolute atomic E-state index is 10.0. The minimum absolute atomic E-state index is 0.0382. The number of nitrogens with zero attached hydrogens (tertiary/aromatic N) is 2. The molecule has 0 bridgehead atoms. The summed E-state index contributed by atoms with van der Waals surface area (Å²) < 4.78 is 0. The maximum atomic E-state index is 10.0. The van der Waals surface area contributed by atoms with E-state index >= 15 is 0 Å². The molecule has 0 radical (unpaired) electrons. The standard InChI is InChI=1S/C14H22N2O2/c1-3-4-12-7-11(9-17)8-13(15-12)16-6-5-14(2,18)10-16/h7-8,17-18H,3-6,9-10H2,1-2H3. The van der Waals surface area contributed by atoms with Gasteiger partial charge in [0.05, 0.1) is 12.2 Å². The molecule has 1 atom stereocenters. The van der Waals surface area contributed by atoms with Crippen molar-refractivity contribution in [3.05, 3.63) is 23.4 Å². The number of pyridine rings is 1. The molecule has 4 nitrogen and oxygen atoms in total. The summed E-state index contributed by atoms with van der Waals surface area (Å²) in [5, 5.41) is 19.3. The average molecular weight is 250 g/mol. The van der Waals surface area contributed by atoms with Crippen LogP contribution in [0.4, 0.5) is 5.82 Å². The van der Waals surface area contributed by atoms with Crippen LogP contribution in [0.25, 0.3) is 0 Å². The van der Waals surface area contributed by atoms with E-state index in [2.05, 4.69) is 16.8 Å². The van der Waals surface area contributed by atoms with Gasteiger partial charge in [-0.05, 0) is 37.5 Å². The number of β-amino-alcohol motifs (C(OH)–C–C–N with tert-alkyl or cyclic N) is 1. The fraction of sp³-hybridized carbons (Fsp3) is 0.643. The van der Waals surface area contributed by atoms with E-state index in [1.54, 1.807) is 0 Å². The number of aliphatic hydroxyl groups is 2. The molecule has 0 spiro atoms. The monoisotopic (exact) mass is 250 g/mol. The van der Waals surface area contributed by atoms with Crippen molar-refractivity contribution in [2.75, 3.05) is 18.0 Å². The summed E-state index contributed by atoms with van der Waals surface area (Å²) in [4.78, 5) is 6.72. The van der Waals surface area contributed by atoms with Gasteiger partial charge in [-0.3, -0.25) is 0 Å². The average Bonchev–Trinajstić information content (AvgIpc) is 2.70. The second-order valence-corrected chi connectivity index (χ2v) is 5.40. The third kappa shape index (κ3) is 3.00. The SMILES string of the molecule is CCCc1cc(CO)cc(N2CCC(C)(O)C2)n1. The van der Waals surface area contributed by atoms with Crippen molar-refractivity contribution in [2.45, 2.75) is 45.3 Å². The van der Waals surface area contributed by atoms with E-state index in [0.717, 1.165) is 42.9 Å². The molecule has 0 aliphatic carbocycles. The summed E-state index contributed by atoms with van der Waals surface area (Å²) in [6, 6.07) is 3.88. The lowest BCUT2D eigenvalue weighted by atomic mass is 10.1. The molecule has 1 saturated heterocycles. The van der Waals surface area contributed by atoms with Crippen LogP contribution in [0.15, 0.2) is 12.1 Å². The molecule has 2 rings (SSSR count). The van der Waals surface area contributed by atoms with Crippen LogP contribution >= 0.6 is 0 Å². The number of hydrogen-bond donors (Lipinski definition) is 2.